The zero-order chi connectivity index (χ0) is 16.1. The molecule has 2 heterocycles. The number of piperidine rings is 1. The summed E-state index contributed by atoms with van der Waals surface area (Å²) in [4.78, 5) is 27.4. The number of carbonyl (C=O) groups is 2. The van der Waals surface area contributed by atoms with Gasteiger partial charge in [-0.25, -0.2) is 0 Å². The summed E-state index contributed by atoms with van der Waals surface area (Å²) >= 11 is 1.46. The summed E-state index contributed by atoms with van der Waals surface area (Å²) in [6, 6.07) is 3.93. The minimum Gasteiger partial charge on any atom is -0.353 e. The Morgan fingerprint density at radius 2 is 2.18 bits per heavy atom. The van der Waals surface area contributed by atoms with Gasteiger partial charge in [0, 0.05) is 19.1 Å². The monoisotopic (exact) mass is 322 g/mol. The number of amides is 2. The number of likely N-dealkylation sites (tertiary alicyclic amines) is 1. The zero-order valence-electron chi connectivity index (χ0n) is 13.7. The van der Waals surface area contributed by atoms with Crippen molar-refractivity contribution in [3.8, 4) is 0 Å². The Kier molecular flexibility index (Phi) is 6.00. The lowest BCUT2D eigenvalue weighted by Crippen LogP contribution is -2.47. The van der Waals surface area contributed by atoms with Gasteiger partial charge in [-0.2, -0.15) is 0 Å². The molecule has 2 rings (SSSR count). The molecule has 5 heteroatoms. The van der Waals surface area contributed by atoms with Crippen LogP contribution in [0.5, 0.6) is 0 Å². The first kappa shape index (κ1) is 17.0. The summed E-state index contributed by atoms with van der Waals surface area (Å²) in [5.74, 6) is 0.644. The second-order valence-corrected chi connectivity index (χ2v) is 7.55. The summed E-state index contributed by atoms with van der Waals surface area (Å²) in [7, 11) is 0. The van der Waals surface area contributed by atoms with Crippen molar-refractivity contribution in [1.82, 2.24) is 10.2 Å². The van der Waals surface area contributed by atoms with Crippen LogP contribution in [0.4, 0.5) is 0 Å². The van der Waals surface area contributed by atoms with Crippen LogP contribution >= 0.6 is 11.3 Å². The van der Waals surface area contributed by atoms with Gasteiger partial charge < -0.3 is 10.2 Å². The third kappa shape index (κ3) is 4.57. The average Bonchev–Trinajstić information content (AvgIpc) is 2.99. The first-order valence-corrected chi connectivity index (χ1v) is 8.98. The highest BCUT2D eigenvalue weighted by atomic mass is 32.1. The van der Waals surface area contributed by atoms with E-state index < -0.39 is 0 Å². The number of hydrogen-bond donors (Lipinski definition) is 1. The van der Waals surface area contributed by atoms with Gasteiger partial charge in [0.05, 0.1) is 10.8 Å². The van der Waals surface area contributed by atoms with Gasteiger partial charge >= 0.3 is 0 Å². The summed E-state index contributed by atoms with van der Waals surface area (Å²) in [5.41, 5.74) is 0. The van der Waals surface area contributed by atoms with Gasteiger partial charge in [-0.3, -0.25) is 9.59 Å². The molecule has 0 spiro atoms. The third-order valence-corrected chi connectivity index (χ3v) is 4.88. The molecule has 0 aromatic carbocycles. The van der Waals surface area contributed by atoms with Crippen LogP contribution in [-0.4, -0.2) is 35.8 Å². The molecule has 122 valence electrons. The van der Waals surface area contributed by atoms with Gasteiger partial charge in [-0.1, -0.05) is 19.9 Å². The molecule has 1 N–H and O–H groups in total. The molecule has 0 radical (unpaired) electrons. The lowest BCUT2D eigenvalue weighted by molar-refractivity contribution is -0.127. The minimum absolute atomic E-state index is 0.0581. The topological polar surface area (TPSA) is 49.4 Å². The van der Waals surface area contributed by atoms with E-state index in [1.807, 2.05) is 22.4 Å². The van der Waals surface area contributed by atoms with Crippen LogP contribution < -0.4 is 5.32 Å². The van der Waals surface area contributed by atoms with E-state index in [4.69, 9.17) is 0 Å². The van der Waals surface area contributed by atoms with Gasteiger partial charge in [0.2, 0.25) is 5.91 Å². The number of thiophene rings is 1. The van der Waals surface area contributed by atoms with E-state index in [0.717, 1.165) is 30.7 Å². The molecule has 1 aromatic heterocycles. The fraction of sp³-hybridized carbons (Fsp3) is 0.647. The lowest BCUT2D eigenvalue weighted by atomic mass is 9.96. The average molecular weight is 322 g/mol. The molecule has 1 saturated heterocycles. The van der Waals surface area contributed by atoms with E-state index in [-0.39, 0.29) is 23.8 Å². The SMILES string of the molecule is CC(C)C[C@H](C)NC(=O)[C@@H]1CCCN(C(=O)c2cccs2)C1. The van der Waals surface area contributed by atoms with Gasteiger partial charge in [0.25, 0.3) is 5.91 Å². The maximum absolute atomic E-state index is 12.4. The van der Waals surface area contributed by atoms with Gasteiger partial charge in [0.15, 0.2) is 0 Å². The molecule has 0 bridgehead atoms. The molecule has 0 aliphatic carbocycles. The van der Waals surface area contributed by atoms with Gasteiger partial charge in [-0.15, -0.1) is 11.3 Å². The van der Waals surface area contributed by atoms with Crippen molar-refractivity contribution in [1.29, 1.82) is 0 Å². The summed E-state index contributed by atoms with van der Waals surface area (Å²) in [5, 5.41) is 5.01. The van der Waals surface area contributed by atoms with Crippen molar-refractivity contribution in [2.24, 2.45) is 11.8 Å². The predicted octanol–water partition coefficient (Wildman–Crippen LogP) is 3.15. The Hall–Kier alpha value is -1.36. The summed E-state index contributed by atoms with van der Waals surface area (Å²) in [6.07, 6.45) is 2.75. The minimum atomic E-state index is -0.0766. The summed E-state index contributed by atoms with van der Waals surface area (Å²) in [6.45, 7) is 7.66. The zero-order valence-corrected chi connectivity index (χ0v) is 14.5. The molecule has 0 saturated carbocycles. The van der Waals surface area contributed by atoms with Crippen molar-refractivity contribution >= 4 is 23.2 Å². The van der Waals surface area contributed by atoms with Crippen LogP contribution in [0.2, 0.25) is 0 Å². The molecular weight excluding hydrogens is 296 g/mol. The van der Waals surface area contributed by atoms with Crippen molar-refractivity contribution in [2.45, 2.75) is 46.1 Å². The second kappa shape index (κ2) is 7.77. The Labute approximate surface area is 136 Å². The molecule has 2 amide bonds. The largest absolute Gasteiger partial charge is 0.353 e. The normalized spacial score (nSPS) is 20.0. The van der Waals surface area contributed by atoms with Crippen LogP contribution in [0, 0.1) is 11.8 Å². The van der Waals surface area contributed by atoms with E-state index in [2.05, 4.69) is 26.1 Å². The molecule has 1 fully saturated rings. The third-order valence-electron chi connectivity index (χ3n) is 4.02. The molecule has 1 aliphatic heterocycles. The van der Waals surface area contributed by atoms with E-state index in [0.29, 0.717) is 12.5 Å². The fourth-order valence-electron chi connectivity index (χ4n) is 3.06. The lowest BCUT2D eigenvalue weighted by Gasteiger charge is -2.32. The fourth-order valence-corrected chi connectivity index (χ4v) is 3.75. The second-order valence-electron chi connectivity index (χ2n) is 6.61. The summed E-state index contributed by atoms with van der Waals surface area (Å²) < 4.78 is 0. The van der Waals surface area contributed by atoms with Crippen molar-refractivity contribution in [3.05, 3.63) is 22.4 Å². The van der Waals surface area contributed by atoms with Crippen LogP contribution in [0.1, 0.15) is 49.7 Å². The van der Waals surface area contributed by atoms with Gasteiger partial charge in [0.1, 0.15) is 0 Å². The molecule has 2 atom stereocenters. The standard InChI is InChI=1S/C17H26N2O2S/c1-12(2)10-13(3)18-16(20)14-6-4-8-19(11-14)17(21)15-7-5-9-22-15/h5,7,9,12-14H,4,6,8,10-11H2,1-3H3,(H,18,20)/t13-,14+/m0/s1. The van der Waals surface area contributed by atoms with E-state index in [1.54, 1.807) is 0 Å². The molecule has 4 nitrogen and oxygen atoms in total. The Morgan fingerprint density at radius 1 is 1.41 bits per heavy atom. The van der Waals surface area contributed by atoms with Crippen LogP contribution in [-0.2, 0) is 4.79 Å². The maximum atomic E-state index is 12.4. The van der Waals surface area contributed by atoms with Crippen molar-refractivity contribution in [2.75, 3.05) is 13.1 Å². The Balaban J connectivity index is 1.90. The number of nitrogens with one attached hydrogen (secondary N) is 1. The van der Waals surface area contributed by atoms with Crippen molar-refractivity contribution < 1.29 is 9.59 Å². The number of hydrogen-bond acceptors (Lipinski definition) is 3. The van der Waals surface area contributed by atoms with E-state index in [9.17, 15) is 9.59 Å². The Bertz CT molecular complexity index is 499. The molecule has 22 heavy (non-hydrogen) atoms. The maximum Gasteiger partial charge on any atom is 0.263 e. The highest BCUT2D eigenvalue weighted by Gasteiger charge is 2.29. The molecule has 0 unspecified atom stereocenters. The van der Waals surface area contributed by atoms with Crippen LogP contribution in [0.15, 0.2) is 17.5 Å². The number of carbonyl (C=O) groups excluding carboxylic acids is 2. The highest BCUT2D eigenvalue weighted by molar-refractivity contribution is 7.12. The Morgan fingerprint density at radius 3 is 2.82 bits per heavy atom. The van der Waals surface area contributed by atoms with Gasteiger partial charge in [-0.05, 0) is 43.6 Å². The number of nitrogens with zero attached hydrogens (tertiary/aromatic N) is 1. The smallest absolute Gasteiger partial charge is 0.263 e. The molecule has 1 aromatic rings. The molecular formula is C17H26N2O2S. The van der Waals surface area contributed by atoms with Crippen LogP contribution in [0.3, 0.4) is 0 Å². The van der Waals surface area contributed by atoms with E-state index in [1.165, 1.54) is 11.3 Å². The predicted molar refractivity (Wildman–Crippen MR) is 90.0 cm³/mol. The van der Waals surface area contributed by atoms with E-state index >= 15 is 0 Å². The molecule has 1 aliphatic rings. The first-order chi connectivity index (χ1) is 10.5. The highest BCUT2D eigenvalue weighted by Crippen LogP contribution is 2.21. The first-order valence-electron chi connectivity index (χ1n) is 8.10. The quantitative estimate of drug-likeness (QED) is 0.905. The van der Waals surface area contributed by atoms with Crippen molar-refractivity contribution in [3.63, 3.8) is 0 Å². The van der Waals surface area contributed by atoms with Crippen LogP contribution in [0.25, 0.3) is 0 Å². The number of rotatable bonds is 5.